The van der Waals surface area contributed by atoms with Gasteiger partial charge in [-0.3, -0.25) is 16.0 Å². The van der Waals surface area contributed by atoms with Crippen LogP contribution in [0, 0.1) is 12.8 Å². The second kappa shape index (κ2) is 7.43. The summed E-state index contributed by atoms with van der Waals surface area (Å²) in [6.07, 6.45) is 10.2. The van der Waals surface area contributed by atoms with Gasteiger partial charge in [0.05, 0.1) is 5.69 Å². The summed E-state index contributed by atoms with van der Waals surface area (Å²) in [5, 5.41) is 5.12. The molecule has 0 spiro atoms. The molecular weight excluding hydrogens is 272 g/mol. The number of nitrogens with zero attached hydrogens (tertiary/aromatic N) is 2. The third-order valence-corrected chi connectivity index (χ3v) is 5.02. The number of halogens is 1. The summed E-state index contributed by atoms with van der Waals surface area (Å²) in [6, 6.07) is 0.290. The topological polar surface area (TPSA) is 55.9 Å². The van der Waals surface area contributed by atoms with Crippen molar-refractivity contribution in [3.05, 3.63) is 16.4 Å². The molecule has 1 saturated carbocycles. The van der Waals surface area contributed by atoms with Gasteiger partial charge in [-0.1, -0.05) is 50.1 Å². The van der Waals surface area contributed by atoms with Crippen LogP contribution < -0.4 is 11.3 Å². The first-order valence-corrected chi connectivity index (χ1v) is 8.13. The Balaban J connectivity index is 1.97. The van der Waals surface area contributed by atoms with Crippen LogP contribution in [-0.4, -0.2) is 15.8 Å². The van der Waals surface area contributed by atoms with E-state index < -0.39 is 0 Å². The molecule has 1 atom stereocenters. The highest BCUT2D eigenvalue weighted by molar-refractivity contribution is 6.30. The number of hydrogen-bond donors (Lipinski definition) is 2. The number of aromatic nitrogens is 2. The van der Waals surface area contributed by atoms with E-state index in [0.29, 0.717) is 6.04 Å². The minimum Gasteiger partial charge on any atom is -0.271 e. The molecule has 1 aromatic rings. The van der Waals surface area contributed by atoms with Crippen molar-refractivity contribution in [3.8, 4) is 0 Å². The second-order valence-electron chi connectivity index (χ2n) is 6.14. The third-order valence-electron chi connectivity index (χ3n) is 4.55. The van der Waals surface area contributed by atoms with Gasteiger partial charge in [0.1, 0.15) is 5.15 Å². The maximum absolute atomic E-state index is 6.32. The molecule has 0 radical (unpaired) electrons. The molecule has 0 amide bonds. The number of nitrogens with two attached hydrogens (primary N) is 1. The van der Waals surface area contributed by atoms with Gasteiger partial charge in [0.15, 0.2) is 0 Å². The number of rotatable bonds is 5. The highest BCUT2D eigenvalue weighted by atomic mass is 35.5. The Kier molecular flexibility index (Phi) is 5.87. The fourth-order valence-corrected chi connectivity index (χ4v) is 3.62. The Morgan fingerprint density at radius 1 is 1.35 bits per heavy atom. The number of hydrogen-bond acceptors (Lipinski definition) is 3. The van der Waals surface area contributed by atoms with Crippen LogP contribution in [0.4, 0.5) is 0 Å². The minimum atomic E-state index is 0.290. The van der Waals surface area contributed by atoms with Gasteiger partial charge in [0.25, 0.3) is 0 Å². The molecule has 1 fully saturated rings. The van der Waals surface area contributed by atoms with Crippen LogP contribution in [0.2, 0.25) is 5.15 Å². The van der Waals surface area contributed by atoms with Gasteiger partial charge < -0.3 is 0 Å². The molecule has 0 aliphatic heterocycles. The Hall–Kier alpha value is -0.580. The Morgan fingerprint density at radius 3 is 2.50 bits per heavy atom. The molecule has 5 heteroatoms. The Morgan fingerprint density at radius 2 is 2.00 bits per heavy atom. The largest absolute Gasteiger partial charge is 0.271 e. The smallest absolute Gasteiger partial charge is 0.130 e. The van der Waals surface area contributed by atoms with E-state index >= 15 is 0 Å². The van der Waals surface area contributed by atoms with Crippen molar-refractivity contribution in [2.24, 2.45) is 18.8 Å². The molecular formula is C15H27ClN4. The van der Waals surface area contributed by atoms with Gasteiger partial charge in [0, 0.05) is 18.7 Å². The summed E-state index contributed by atoms with van der Waals surface area (Å²) in [7, 11) is 1.88. The molecule has 1 heterocycles. The van der Waals surface area contributed by atoms with Gasteiger partial charge in [0.2, 0.25) is 0 Å². The third kappa shape index (κ3) is 3.96. The normalized spacial score (nSPS) is 19.0. The lowest BCUT2D eigenvalue weighted by Crippen LogP contribution is -2.38. The van der Waals surface area contributed by atoms with E-state index in [1.165, 1.54) is 38.5 Å². The van der Waals surface area contributed by atoms with Crippen molar-refractivity contribution in [1.82, 2.24) is 15.2 Å². The fraction of sp³-hybridized carbons (Fsp3) is 0.800. The molecule has 1 aromatic heterocycles. The van der Waals surface area contributed by atoms with E-state index in [1.807, 2.05) is 14.0 Å². The number of nitrogens with one attached hydrogen (secondary N) is 1. The second-order valence-corrected chi connectivity index (χ2v) is 6.50. The Bertz CT molecular complexity index is 422. The lowest BCUT2D eigenvalue weighted by atomic mass is 9.90. The monoisotopic (exact) mass is 298 g/mol. The molecule has 1 aliphatic carbocycles. The predicted molar refractivity (Wildman–Crippen MR) is 83.6 cm³/mol. The van der Waals surface area contributed by atoms with E-state index in [4.69, 9.17) is 17.4 Å². The molecule has 0 saturated heterocycles. The number of aryl methyl sites for hydroxylation is 2. The first-order chi connectivity index (χ1) is 9.61. The highest BCUT2D eigenvalue weighted by Crippen LogP contribution is 2.28. The average Bonchev–Trinajstić information content (AvgIpc) is 2.66. The molecule has 0 aromatic carbocycles. The summed E-state index contributed by atoms with van der Waals surface area (Å²) in [5.74, 6) is 6.56. The zero-order chi connectivity index (χ0) is 14.5. The molecule has 20 heavy (non-hydrogen) atoms. The summed E-state index contributed by atoms with van der Waals surface area (Å²) in [6.45, 7) is 2.01. The maximum Gasteiger partial charge on any atom is 0.130 e. The van der Waals surface area contributed by atoms with Crippen LogP contribution in [0.25, 0.3) is 0 Å². The molecule has 0 bridgehead atoms. The lowest BCUT2D eigenvalue weighted by molar-refractivity contribution is 0.352. The Labute approximate surface area is 127 Å². The molecule has 1 aliphatic rings. The summed E-state index contributed by atoms with van der Waals surface area (Å²) in [5.41, 5.74) is 5.13. The predicted octanol–water partition coefficient (Wildman–Crippen LogP) is 3.12. The van der Waals surface area contributed by atoms with Crippen LogP contribution in [0.5, 0.6) is 0 Å². The summed E-state index contributed by atoms with van der Waals surface area (Å²) in [4.78, 5) is 0. The first kappa shape index (κ1) is 15.8. The van der Waals surface area contributed by atoms with Crippen molar-refractivity contribution in [2.45, 2.75) is 64.3 Å². The molecule has 1 unspecified atom stereocenters. The molecule has 2 rings (SSSR count). The van der Waals surface area contributed by atoms with Gasteiger partial charge in [-0.25, -0.2) is 0 Å². The van der Waals surface area contributed by atoms with E-state index in [-0.39, 0.29) is 0 Å². The minimum absolute atomic E-state index is 0.290. The molecule has 4 nitrogen and oxygen atoms in total. The van der Waals surface area contributed by atoms with Crippen LogP contribution in [0.3, 0.4) is 0 Å². The van der Waals surface area contributed by atoms with E-state index in [0.717, 1.165) is 35.2 Å². The zero-order valence-electron chi connectivity index (χ0n) is 12.7. The van der Waals surface area contributed by atoms with E-state index in [9.17, 15) is 0 Å². The van der Waals surface area contributed by atoms with Gasteiger partial charge in [-0.05, 0) is 25.7 Å². The fourth-order valence-electron chi connectivity index (χ4n) is 3.36. The first-order valence-electron chi connectivity index (χ1n) is 7.76. The quantitative estimate of drug-likeness (QED) is 0.499. The maximum atomic E-state index is 6.32. The van der Waals surface area contributed by atoms with E-state index in [1.54, 1.807) is 4.68 Å². The lowest BCUT2D eigenvalue weighted by Gasteiger charge is -2.22. The molecule has 114 valence electrons. The van der Waals surface area contributed by atoms with Gasteiger partial charge in [-0.15, -0.1) is 0 Å². The summed E-state index contributed by atoms with van der Waals surface area (Å²) < 4.78 is 1.74. The van der Waals surface area contributed by atoms with Crippen LogP contribution in [-0.2, 0) is 13.5 Å². The van der Waals surface area contributed by atoms with Gasteiger partial charge in [-0.2, -0.15) is 5.10 Å². The van der Waals surface area contributed by atoms with Crippen molar-refractivity contribution < 1.29 is 0 Å². The highest BCUT2D eigenvalue weighted by Gasteiger charge is 2.21. The van der Waals surface area contributed by atoms with Crippen molar-refractivity contribution in [3.63, 3.8) is 0 Å². The SMILES string of the molecule is Cc1nn(C)c(Cl)c1CC(CC1CCCCCC1)NN. The van der Waals surface area contributed by atoms with Crippen LogP contribution >= 0.6 is 11.6 Å². The van der Waals surface area contributed by atoms with E-state index in [2.05, 4.69) is 10.5 Å². The van der Waals surface area contributed by atoms with Crippen molar-refractivity contribution >= 4 is 11.6 Å². The van der Waals surface area contributed by atoms with Crippen molar-refractivity contribution in [2.75, 3.05) is 0 Å². The van der Waals surface area contributed by atoms with Crippen LogP contribution in [0.1, 0.15) is 56.2 Å². The van der Waals surface area contributed by atoms with Crippen LogP contribution in [0.15, 0.2) is 0 Å². The summed E-state index contributed by atoms with van der Waals surface area (Å²) >= 11 is 6.32. The average molecular weight is 299 g/mol. The zero-order valence-corrected chi connectivity index (χ0v) is 13.4. The number of hydrazine groups is 1. The standard InChI is InChI=1S/C15H27ClN4/c1-11-14(15(16)20(2)19-11)10-13(18-17)9-12-7-5-3-4-6-8-12/h12-13,18H,3-10,17H2,1-2H3. The van der Waals surface area contributed by atoms with Gasteiger partial charge >= 0.3 is 0 Å². The van der Waals surface area contributed by atoms with Crippen molar-refractivity contribution in [1.29, 1.82) is 0 Å². The molecule has 3 N–H and O–H groups in total.